The van der Waals surface area contributed by atoms with E-state index < -0.39 is 0 Å². The molecule has 0 radical (unpaired) electrons. The average molecular weight is 281 g/mol. The quantitative estimate of drug-likeness (QED) is 0.320. The molecule has 19 heavy (non-hydrogen) atoms. The number of nitrogens with one attached hydrogen (secondary N) is 1. The van der Waals surface area contributed by atoms with Gasteiger partial charge in [0, 0.05) is 22.9 Å². The van der Waals surface area contributed by atoms with Gasteiger partial charge in [0.2, 0.25) is 0 Å². The number of carbonyl (C=O) groups excluding carboxylic acids is 1. The zero-order valence-corrected chi connectivity index (χ0v) is 11.9. The predicted octanol–water partition coefficient (Wildman–Crippen LogP) is 1.65. The molecule has 0 aliphatic heterocycles. The van der Waals surface area contributed by atoms with Crippen molar-refractivity contribution in [3.05, 3.63) is 35.4 Å². The largest absolute Gasteiger partial charge is 0.409 e. The van der Waals surface area contributed by atoms with E-state index in [2.05, 4.69) is 17.4 Å². The van der Waals surface area contributed by atoms with Gasteiger partial charge in [-0.15, -0.1) is 0 Å². The zero-order chi connectivity index (χ0) is 14.3. The fraction of sp³-hybridized carbons (Fsp3) is 0.385. The van der Waals surface area contributed by atoms with Crippen LogP contribution in [0, 0.1) is 0 Å². The lowest BCUT2D eigenvalue weighted by Crippen LogP contribution is -2.34. The van der Waals surface area contributed by atoms with Gasteiger partial charge in [-0.2, -0.15) is 11.8 Å². The molecule has 0 saturated carbocycles. The van der Waals surface area contributed by atoms with E-state index in [0.717, 1.165) is 11.5 Å². The Labute approximate surface area is 117 Å². The Hall–Kier alpha value is -1.69. The minimum absolute atomic E-state index is 0.0275. The van der Waals surface area contributed by atoms with Crippen molar-refractivity contribution in [2.75, 3.05) is 11.5 Å². The van der Waals surface area contributed by atoms with Crippen LogP contribution in [0.2, 0.25) is 0 Å². The number of nitrogens with two attached hydrogens (primary N) is 1. The molecule has 0 spiro atoms. The van der Waals surface area contributed by atoms with Gasteiger partial charge in [0.25, 0.3) is 5.91 Å². The van der Waals surface area contributed by atoms with Gasteiger partial charge in [0.05, 0.1) is 0 Å². The maximum absolute atomic E-state index is 11.9. The Balaban J connectivity index is 2.63. The van der Waals surface area contributed by atoms with Crippen molar-refractivity contribution in [1.82, 2.24) is 5.32 Å². The van der Waals surface area contributed by atoms with Crippen LogP contribution in [0.25, 0.3) is 0 Å². The molecule has 0 fully saturated rings. The molecule has 1 amide bonds. The van der Waals surface area contributed by atoms with Crippen LogP contribution >= 0.6 is 11.8 Å². The number of carbonyl (C=O) groups is 1. The molecule has 1 unspecified atom stereocenters. The van der Waals surface area contributed by atoms with Gasteiger partial charge in [-0.25, -0.2) is 0 Å². The molecule has 4 N–H and O–H groups in total. The SMILES string of the molecule is CCSCC(C)NC(=O)c1ccc(/C(N)=N/O)cc1. The fourth-order valence-corrected chi connectivity index (χ4v) is 2.17. The van der Waals surface area contributed by atoms with E-state index in [1.54, 1.807) is 36.0 Å². The Morgan fingerprint density at radius 1 is 1.42 bits per heavy atom. The molecule has 1 aromatic rings. The summed E-state index contributed by atoms with van der Waals surface area (Å²) in [6, 6.07) is 6.73. The molecule has 0 heterocycles. The first-order valence-corrected chi connectivity index (χ1v) is 7.20. The van der Waals surface area contributed by atoms with Crippen LogP contribution in [0.1, 0.15) is 29.8 Å². The summed E-state index contributed by atoms with van der Waals surface area (Å²) in [5, 5.41) is 14.4. The van der Waals surface area contributed by atoms with Gasteiger partial charge in [-0.3, -0.25) is 4.79 Å². The van der Waals surface area contributed by atoms with Crippen LogP contribution in [0.15, 0.2) is 29.4 Å². The second-order valence-corrected chi connectivity index (χ2v) is 5.42. The summed E-state index contributed by atoms with van der Waals surface area (Å²) in [4.78, 5) is 11.9. The lowest BCUT2D eigenvalue weighted by atomic mass is 10.1. The van der Waals surface area contributed by atoms with Gasteiger partial charge in [-0.1, -0.05) is 24.2 Å². The molecule has 6 heteroatoms. The first-order valence-electron chi connectivity index (χ1n) is 6.05. The Kier molecular flexibility index (Phi) is 6.21. The van der Waals surface area contributed by atoms with Crippen LogP contribution in [-0.2, 0) is 0 Å². The first-order chi connectivity index (χ1) is 9.08. The topological polar surface area (TPSA) is 87.7 Å². The number of hydrogen-bond donors (Lipinski definition) is 3. The van der Waals surface area contributed by atoms with Crippen LogP contribution < -0.4 is 11.1 Å². The summed E-state index contributed by atoms with van der Waals surface area (Å²) in [5.41, 5.74) is 6.59. The summed E-state index contributed by atoms with van der Waals surface area (Å²) >= 11 is 1.79. The van der Waals surface area contributed by atoms with E-state index >= 15 is 0 Å². The normalized spacial score (nSPS) is 13.1. The Bertz CT molecular complexity index is 446. The van der Waals surface area contributed by atoms with E-state index in [1.807, 2.05) is 6.92 Å². The summed E-state index contributed by atoms with van der Waals surface area (Å²) in [6.45, 7) is 4.07. The number of benzene rings is 1. The predicted molar refractivity (Wildman–Crippen MR) is 78.9 cm³/mol. The van der Waals surface area contributed by atoms with E-state index in [4.69, 9.17) is 10.9 Å². The van der Waals surface area contributed by atoms with Gasteiger partial charge < -0.3 is 16.3 Å². The van der Waals surface area contributed by atoms with Crippen molar-refractivity contribution in [3.63, 3.8) is 0 Å². The molecule has 0 aliphatic rings. The van der Waals surface area contributed by atoms with Crippen LogP contribution in [0.3, 0.4) is 0 Å². The molecule has 5 nitrogen and oxygen atoms in total. The number of nitrogens with zero attached hydrogens (tertiary/aromatic N) is 1. The van der Waals surface area contributed by atoms with E-state index in [-0.39, 0.29) is 17.8 Å². The lowest BCUT2D eigenvalue weighted by molar-refractivity contribution is 0.0944. The highest BCUT2D eigenvalue weighted by molar-refractivity contribution is 7.99. The number of thioether (sulfide) groups is 1. The standard InChI is InChI=1S/C13H19N3O2S/c1-3-19-8-9(2)15-13(17)11-6-4-10(5-7-11)12(14)16-18/h4-7,9,18H,3,8H2,1-2H3,(H2,14,16)(H,15,17). The third-order valence-electron chi connectivity index (χ3n) is 2.50. The van der Waals surface area contributed by atoms with Crippen molar-refractivity contribution in [1.29, 1.82) is 0 Å². The third-order valence-corrected chi connectivity index (χ3v) is 3.64. The molecule has 1 atom stereocenters. The van der Waals surface area contributed by atoms with Crippen LogP contribution in [0.4, 0.5) is 0 Å². The second-order valence-electron chi connectivity index (χ2n) is 4.10. The van der Waals surface area contributed by atoms with Gasteiger partial charge in [0.1, 0.15) is 0 Å². The van der Waals surface area contributed by atoms with Crippen molar-refractivity contribution in [2.45, 2.75) is 19.9 Å². The van der Waals surface area contributed by atoms with Gasteiger partial charge >= 0.3 is 0 Å². The summed E-state index contributed by atoms with van der Waals surface area (Å²) in [5.74, 6) is 1.84. The Morgan fingerprint density at radius 3 is 2.53 bits per heavy atom. The van der Waals surface area contributed by atoms with E-state index in [0.29, 0.717) is 11.1 Å². The van der Waals surface area contributed by atoms with Gasteiger partial charge in [-0.05, 0) is 24.8 Å². The number of hydrogen-bond acceptors (Lipinski definition) is 4. The maximum atomic E-state index is 11.9. The third kappa shape index (κ3) is 4.82. The monoisotopic (exact) mass is 281 g/mol. The smallest absolute Gasteiger partial charge is 0.251 e. The fourth-order valence-electron chi connectivity index (χ4n) is 1.49. The summed E-state index contributed by atoms with van der Waals surface area (Å²) < 4.78 is 0. The number of oxime groups is 1. The van der Waals surface area contributed by atoms with Crippen molar-refractivity contribution in [3.8, 4) is 0 Å². The number of rotatable bonds is 6. The van der Waals surface area contributed by atoms with Crippen LogP contribution in [0.5, 0.6) is 0 Å². The molecule has 104 valence electrons. The second kappa shape index (κ2) is 7.68. The minimum Gasteiger partial charge on any atom is -0.409 e. The number of amidine groups is 1. The van der Waals surface area contributed by atoms with Crippen molar-refractivity contribution < 1.29 is 10.0 Å². The first kappa shape index (κ1) is 15.4. The van der Waals surface area contributed by atoms with E-state index in [1.165, 1.54) is 0 Å². The Morgan fingerprint density at radius 2 is 2.00 bits per heavy atom. The van der Waals surface area contributed by atoms with Crippen molar-refractivity contribution in [2.24, 2.45) is 10.9 Å². The molecule has 1 rings (SSSR count). The molecule has 0 aliphatic carbocycles. The molecule has 0 saturated heterocycles. The van der Waals surface area contributed by atoms with Gasteiger partial charge in [0.15, 0.2) is 5.84 Å². The summed E-state index contributed by atoms with van der Waals surface area (Å²) in [6.07, 6.45) is 0. The highest BCUT2D eigenvalue weighted by Crippen LogP contribution is 2.06. The van der Waals surface area contributed by atoms with Crippen LogP contribution in [-0.4, -0.2) is 34.5 Å². The van der Waals surface area contributed by atoms with E-state index in [9.17, 15) is 4.79 Å². The molecule has 0 bridgehead atoms. The average Bonchev–Trinajstić information content (AvgIpc) is 2.44. The molecular weight excluding hydrogens is 262 g/mol. The lowest BCUT2D eigenvalue weighted by Gasteiger charge is -2.13. The highest BCUT2D eigenvalue weighted by Gasteiger charge is 2.10. The molecule has 1 aromatic carbocycles. The molecular formula is C13H19N3O2S. The molecule has 0 aromatic heterocycles. The zero-order valence-electron chi connectivity index (χ0n) is 11.1. The highest BCUT2D eigenvalue weighted by atomic mass is 32.2. The summed E-state index contributed by atoms with van der Waals surface area (Å²) in [7, 11) is 0. The maximum Gasteiger partial charge on any atom is 0.251 e. The van der Waals surface area contributed by atoms with Crippen molar-refractivity contribution >= 4 is 23.5 Å². The number of amides is 1. The minimum atomic E-state index is -0.115.